The molecule has 3 aromatic rings. The number of benzene rings is 1. The van der Waals surface area contributed by atoms with E-state index in [0.717, 1.165) is 11.3 Å². The summed E-state index contributed by atoms with van der Waals surface area (Å²) in [4.78, 5) is 7.99. The molecule has 0 spiro atoms. The van der Waals surface area contributed by atoms with Crippen molar-refractivity contribution in [3.8, 4) is 17.0 Å². The van der Waals surface area contributed by atoms with E-state index in [1.165, 1.54) is 37.6 Å². The maximum absolute atomic E-state index is 14.2. The van der Waals surface area contributed by atoms with Crippen molar-refractivity contribution in [1.29, 1.82) is 0 Å². The zero-order valence-corrected chi connectivity index (χ0v) is 15.7. The second-order valence-corrected chi connectivity index (χ2v) is 8.53. The minimum atomic E-state index is -3.91. The number of aromatic nitrogens is 2. The van der Waals surface area contributed by atoms with E-state index in [1.54, 1.807) is 19.2 Å². The van der Waals surface area contributed by atoms with Gasteiger partial charge in [-0.2, -0.15) is 4.39 Å². The lowest BCUT2D eigenvalue weighted by Gasteiger charge is -2.07. The molecule has 0 atom stereocenters. The highest BCUT2D eigenvalue weighted by Crippen LogP contribution is 2.37. The van der Waals surface area contributed by atoms with Gasteiger partial charge in [-0.15, -0.1) is 11.3 Å². The van der Waals surface area contributed by atoms with Crippen LogP contribution < -0.4 is 10.1 Å². The second-order valence-electron chi connectivity index (χ2n) is 5.30. The van der Waals surface area contributed by atoms with Gasteiger partial charge in [-0.25, -0.2) is 18.4 Å². The van der Waals surface area contributed by atoms with E-state index in [-0.39, 0.29) is 20.4 Å². The summed E-state index contributed by atoms with van der Waals surface area (Å²) in [5, 5.41) is 3.46. The highest BCUT2D eigenvalue weighted by Gasteiger charge is 2.28. The number of nitrogens with one attached hydrogen (secondary N) is 1. The van der Waals surface area contributed by atoms with Crippen LogP contribution in [0, 0.1) is 5.95 Å². The van der Waals surface area contributed by atoms with Gasteiger partial charge in [0.1, 0.15) is 16.5 Å². The minimum absolute atomic E-state index is 0.0251. The molecular formula is C17H16FN3O3S2. The van der Waals surface area contributed by atoms with Crippen molar-refractivity contribution >= 4 is 21.2 Å². The highest BCUT2D eigenvalue weighted by molar-refractivity contribution is 7.93. The predicted molar refractivity (Wildman–Crippen MR) is 96.5 cm³/mol. The summed E-state index contributed by atoms with van der Waals surface area (Å²) in [6, 6.07) is 9.14. The molecule has 0 unspecified atom stereocenters. The number of sulfone groups is 1. The number of hydrogen-bond donors (Lipinski definition) is 1. The molecule has 0 aliphatic heterocycles. The average Bonchev–Trinajstić information content (AvgIpc) is 3.07. The fourth-order valence-corrected chi connectivity index (χ4v) is 5.35. The molecule has 0 bridgehead atoms. The van der Waals surface area contributed by atoms with Gasteiger partial charge in [-0.05, 0) is 37.4 Å². The number of methoxy groups -OCH3 is 1. The number of halogens is 1. The lowest BCUT2D eigenvalue weighted by molar-refractivity contribution is 0.413. The Labute approximate surface area is 154 Å². The summed E-state index contributed by atoms with van der Waals surface area (Å²) in [5.74, 6) is -0.351. The van der Waals surface area contributed by atoms with Crippen LogP contribution in [-0.4, -0.2) is 32.5 Å². The molecular weight excluding hydrogens is 377 g/mol. The van der Waals surface area contributed by atoms with Crippen LogP contribution in [0.1, 0.15) is 5.01 Å². The lowest BCUT2D eigenvalue weighted by atomic mass is 10.2. The molecule has 136 valence electrons. The molecule has 3 rings (SSSR count). The predicted octanol–water partition coefficient (Wildman–Crippen LogP) is 2.91. The smallest absolute Gasteiger partial charge is 0.222 e. The Balaban J connectivity index is 2.21. The molecule has 26 heavy (non-hydrogen) atoms. The van der Waals surface area contributed by atoms with Gasteiger partial charge in [0.15, 0.2) is 4.21 Å². The van der Waals surface area contributed by atoms with Crippen LogP contribution in [0.25, 0.3) is 11.3 Å². The van der Waals surface area contributed by atoms with Crippen LogP contribution in [0.15, 0.2) is 51.7 Å². The summed E-state index contributed by atoms with van der Waals surface area (Å²) < 4.78 is 45.6. The summed E-state index contributed by atoms with van der Waals surface area (Å²) in [6.45, 7) is 0.368. The summed E-state index contributed by atoms with van der Waals surface area (Å²) in [6.07, 6.45) is 1.30. The normalized spacial score (nSPS) is 11.5. The monoisotopic (exact) mass is 393 g/mol. The van der Waals surface area contributed by atoms with Gasteiger partial charge in [0.25, 0.3) is 0 Å². The number of ether oxygens (including phenoxy) is 1. The minimum Gasteiger partial charge on any atom is -0.497 e. The van der Waals surface area contributed by atoms with Crippen LogP contribution in [-0.2, 0) is 16.4 Å². The number of hydrogen-bond acceptors (Lipinski definition) is 7. The van der Waals surface area contributed by atoms with Crippen LogP contribution in [0.5, 0.6) is 5.75 Å². The van der Waals surface area contributed by atoms with Crippen molar-refractivity contribution in [2.45, 2.75) is 15.6 Å². The summed E-state index contributed by atoms with van der Waals surface area (Å²) in [5.41, 5.74) is 0.112. The first-order valence-corrected chi connectivity index (χ1v) is 9.91. The maximum atomic E-state index is 14.2. The Morgan fingerprint density at radius 3 is 2.77 bits per heavy atom. The zero-order valence-electron chi connectivity index (χ0n) is 14.1. The molecule has 0 saturated carbocycles. The SMILES string of the molecule is CNCc1nc(-c2cccnc2F)c(S(=O)(=O)c2cccc(OC)c2)s1. The Bertz CT molecular complexity index is 1040. The molecule has 9 heteroatoms. The Kier molecular flexibility index (Phi) is 5.30. The fourth-order valence-electron chi connectivity index (χ4n) is 2.37. The largest absolute Gasteiger partial charge is 0.497 e. The van der Waals surface area contributed by atoms with Crippen molar-refractivity contribution in [2.24, 2.45) is 0 Å². The van der Waals surface area contributed by atoms with Crippen molar-refractivity contribution in [3.05, 3.63) is 53.6 Å². The Morgan fingerprint density at radius 1 is 1.27 bits per heavy atom. The molecule has 0 saturated heterocycles. The molecule has 1 N–H and O–H groups in total. The van der Waals surface area contributed by atoms with E-state index in [0.29, 0.717) is 17.3 Å². The number of pyridine rings is 1. The van der Waals surface area contributed by atoms with Gasteiger partial charge in [0.2, 0.25) is 15.8 Å². The summed E-state index contributed by atoms with van der Waals surface area (Å²) >= 11 is 1.01. The molecule has 6 nitrogen and oxygen atoms in total. The van der Waals surface area contributed by atoms with E-state index in [4.69, 9.17) is 4.74 Å². The summed E-state index contributed by atoms with van der Waals surface area (Å²) in [7, 11) is -0.728. The van der Waals surface area contributed by atoms with Gasteiger partial charge >= 0.3 is 0 Å². The number of nitrogens with zero attached hydrogens (tertiary/aromatic N) is 2. The molecule has 0 amide bonds. The fraction of sp³-hybridized carbons (Fsp3) is 0.176. The van der Waals surface area contributed by atoms with Gasteiger partial charge in [-0.3, -0.25) is 0 Å². The lowest BCUT2D eigenvalue weighted by Crippen LogP contribution is -2.04. The molecule has 1 aromatic carbocycles. The number of rotatable bonds is 6. The highest BCUT2D eigenvalue weighted by atomic mass is 32.2. The van der Waals surface area contributed by atoms with Crippen LogP contribution in [0.3, 0.4) is 0 Å². The zero-order chi connectivity index (χ0) is 18.7. The number of thiazole rings is 1. The second kappa shape index (κ2) is 7.48. The molecule has 0 radical (unpaired) electrons. The van der Waals surface area contributed by atoms with Crippen molar-refractivity contribution in [1.82, 2.24) is 15.3 Å². The molecule has 0 aliphatic carbocycles. The van der Waals surface area contributed by atoms with Crippen molar-refractivity contribution in [3.63, 3.8) is 0 Å². The quantitative estimate of drug-likeness (QED) is 0.649. The van der Waals surface area contributed by atoms with Gasteiger partial charge in [-0.1, -0.05) is 6.07 Å². The van der Waals surface area contributed by atoms with Gasteiger partial charge in [0.05, 0.1) is 17.6 Å². The first-order chi connectivity index (χ1) is 12.5. The average molecular weight is 393 g/mol. The van der Waals surface area contributed by atoms with Crippen LogP contribution in [0.4, 0.5) is 4.39 Å². The van der Waals surface area contributed by atoms with E-state index in [1.807, 2.05) is 0 Å². The van der Waals surface area contributed by atoms with E-state index < -0.39 is 15.8 Å². The Morgan fingerprint density at radius 2 is 2.08 bits per heavy atom. The topological polar surface area (TPSA) is 81.2 Å². The standard InChI is InChI=1S/C17H16FN3O3S2/c1-19-10-14-21-15(13-7-4-8-20-16(13)18)17(25-14)26(22,23)12-6-3-5-11(9-12)24-2/h3-9,19H,10H2,1-2H3. The third-order valence-electron chi connectivity index (χ3n) is 3.58. The maximum Gasteiger partial charge on any atom is 0.222 e. The molecule has 2 heterocycles. The third-order valence-corrected chi connectivity index (χ3v) is 6.89. The molecule has 0 aliphatic rings. The van der Waals surface area contributed by atoms with E-state index in [2.05, 4.69) is 15.3 Å². The van der Waals surface area contributed by atoms with Crippen LogP contribution >= 0.6 is 11.3 Å². The van der Waals surface area contributed by atoms with Crippen molar-refractivity contribution in [2.75, 3.05) is 14.2 Å². The first-order valence-electron chi connectivity index (χ1n) is 7.61. The third kappa shape index (κ3) is 3.46. The van der Waals surface area contributed by atoms with Gasteiger partial charge in [0, 0.05) is 12.7 Å². The van der Waals surface area contributed by atoms with Gasteiger partial charge < -0.3 is 10.1 Å². The van der Waals surface area contributed by atoms with E-state index in [9.17, 15) is 12.8 Å². The van der Waals surface area contributed by atoms with Crippen LogP contribution in [0.2, 0.25) is 0 Å². The van der Waals surface area contributed by atoms with Crippen molar-refractivity contribution < 1.29 is 17.5 Å². The first kappa shape index (κ1) is 18.4. The van der Waals surface area contributed by atoms with E-state index >= 15 is 0 Å². The Hall–Kier alpha value is -2.36. The molecule has 0 fully saturated rings. The molecule has 2 aromatic heterocycles.